The van der Waals surface area contributed by atoms with Crippen molar-refractivity contribution in [3.63, 3.8) is 0 Å². The average molecular weight is 194 g/mol. The molecule has 0 amide bonds. The normalized spacial score (nSPS) is 16.1. The highest BCUT2D eigenvalue weighted by Crippen LogP contribution is 2.30. The number of allylic oxidation sites excluding steroid dienone is 4. The number of hydrogen-bond acceptors (Lipinski definition) is 0. The van der Waals surface area contributed by atoms with Gasteiger partial charge in [0.15, 0.2) is 0 Å². The third kappa shape index (κ3) is 8.10. The van der Waals surface area contributed by atoms with Crippen molar-refractivity contribution in [2.24, 2.45) is 10.8 Å². The van der Waals surface area contributed by atoms with Gasteiger partial charge in [-0.3, -0.25) is 0 Å². The molecule has 0 aromatic heterocycles. The van der Waals surface area contributed by atoms with E-state index in [0.717, 1.165) is 6.42 Å². The first-order valence-corrected chi connectivity index (χ1v) is 5.47. The van der Waals surface area contributed by atoms with E-state index in [9.17, 15) is 0 Å². The molecule has 0 saturated carbocycles. The van der Waals surface area contributed by atoms with Gasteiger partial charge in [0.2, 0.25) is 0 Å². The Labute approximate surface area is 90.1 Å². The van der Waals surface area contributed by atoms with Crippen LogP contribution in [0.15, 0.2) is 23.8 Å². The molecule has 0 N–H and O–H groups in total. The molecule has 82 valence electrons. The molecule has 0 spiro atoms. The second kappa shape index (κ2) is 4.82. The first-order chi connectivity index (χ1) is 6.11. The first kappa shape index (κ1) is 13.5. The van der Waals surface area contributed by atoms with Crippen molar-refractivity contribution in [2.45, 2.75) is 54.9 Å². The Morgan fingerprint density at radius 2 is 1.36 bits per heavy atom. The highest BCUT2D eigenvalue weighted by molar-refractivity contribution is 5.26. The minimum atomic E-state index is 0.378. The third-order valence-electron chi connectivity index (χ3n) is 1.73. The fraction of sp³-hybridized carbons (Fsp3) is 0.714. The van der Waals surface area contributed by atoms with E-state index in [1.807, 2.05) is 0 Å². The van der Waals surface area contributed by atoms with Crippen molar-refractivity contribution in [1.29, 1.82) is 0 Å². The van der Waals surface area contributed by atoms with Gasteiger partial charge in [0.1, 0.15) is 0 Å². The summed E-state index contributed by atoms with van der Waals surface area (Å²) in [6.07, 6.45) is 7.73. The summed E-state index contributed by atoms with van der Waals surface area (Å²) >= 11 is 0. The van der Waals surface area contributed by atoms with Crippen LogP contribution in [0.3, 0.4) is 0 Å². The van der Waals surface area contributed by atoms with Gasteiger partial charge in [-0.25, -0.2) is 0 Å². The van der Waals surface area contributed by atoms with Crippen LogP contribution in [-0.4, -0.2) is 0 Å². The van der Waals surface area contributed by atoms with Gasteiger partial charge in [0.25, 0.3) is 0 Å². The topological polar surface area (TPSA) is 0 Å². The van der Waals surface area contributed by atoms with E-state index in [4.69, 9.17) is 0 Å². The molecule has 0 saturated heterocycles. The van der Waals surface area contributed by atoms with Crippen LogP contribution < -0.4 is 0 Å². The highest BCUT2D eigenvalue weighted by atomic mass is 14.2. The van der Waals surface area contributed by atoms with Crippen LogP contribution in [0.5, 0.6) is 0 Å². The van der Waals surface area contributed by atoms with Crippen LogP contribution in [0.2, 0.25) is 0 Å². The van der Waals surface area contributed by atoms with Gasteiger partial charge in [-0.1, -0.05) is 72.3 Å². The van der Waals surface area contributed by atoms with Crippen LogP contribution in [-0.2, 0) is 0 Å². The SMILES string of the molecule is CC(C)(C)C.CC(C)(C)C1=CC=CC1. The highest BCUT2D eigenvalue weighted by Gasteiger charge is 2.16. The molecule has 0 nitrogen and oxygen atoms in total. The van der Waals surface area contributed by atoms with E-state index < -0.39 is 0 Å². The van der Waals surface area contributed by atoms with Gasteiger partial charge in [-0.05, 0) is 17.3 Å². The molecule has 0 bridgehead atoms. The predicted octanol–water partition coefficient (Wildman–Crippen LogP) is 4.97. The van der Waals surface area contributed by atoms with Gasteiger partial charge in [-0.2, -0.15) is 0 Å². The van der Waals surface area contributed by atoms with Crippen molar-refractivity contribution < 1.29 is 0 Å². The lowest BCUT2D eigenvalue weighted by Gasteiger charge is -2.19. The summed E-state index contributed by atoms with van der Waals surface area (Å²) in [6.45, 7) is 15.5. The van der Waals surface area contributed by atoms with Crippen LogP contribution in [0, 0.1) is 10.8 Å². The third-order valence-corrected chi connectivity index (χ3v) is 1.73. The summed E-state index contributed by atoms with van der Waals surface area (Å²) in [5.74, 6) is 0. The Balaban J connectivity index is 0.000000292. The maximum Gasteiger partial charge on any atom is -0.0127 e. The molecule has 0 radical (unpaired) electrons. The summed E-state index contributed by atoms with van der Waals surface area (Å²) in [4.78, 5) is 0. The Morgan fingerprint density at radius 1 is 0.929 bits per heavy atom. The molecule has 0 aromatic carbocycles. The first-order valence-electron chi connectivity index (χ1n) is 5.47. The van der Waals surface area contributed by atoms with Gasteiger partial charge in [-0.15, -0.1) is 0 Å². The van der Waals surface area contributed by atoms with Crippen molar-refractivity contribution in [1.82, 2.24) is 0 Å². The monoisotopic (exact) mass is 194 g/mol. The lowest BCUT2D eigenvalue weighted by atomic mass is 9.86. The lowest BCUT2D eigenvalue weighted by Crippen LogP contribution is -2.06. The van der Waals surface area contributed by atoms with Crippen molar-refractivity contribution >= 4 is 0 Å². The second-order valence-electron chi connectivity index (χ2n) is 6.57. The number of hydrogen-bond donors (Lipinski definition) is 0. The van der Waals surface area contributed by atoms with Crippen molar-refractivity contribution in [3.8, 4) is 0 Å². The summed E-state index contributed by atoms with van der Waals surface area (Å²) in [6, 6.07) is 0. The Bertz CT molecular complexity index is 209. The summed E-state index contributed by atoms with van der Waals surface area (Å²) in [5, 5.41) is 0. The molecule has 0 atom stereocenters. The minimum Gasteiger partial charge on any atom is -0.0804 e. The largest absolute Gasteiger partial charge is 0.0804 e. The quantitative estimate of drug-likeness (QED) is 0.510. The van der Waals surface area contributed by atoms with E-state index in [2.05, 4.69) is 66.7 Å². The molecule has 1 rings (SSSR count). The molecule has 0 heterocycles. The minimum absolute atomic E-state index is 0.378. The average Bonchev–Trinajstić information content (AvgIpc) is 2.28. The summed E-state index contributed by atoms with van der Waals surface area (Å²) in [7, 11) is 0. The lowest BCUT2D eigenvalue weighted by molar-refractivity contribution is 0.469. The van der Waals surface area contributed by atoms with Crippen LogP contribution in [0.4, 0.5) is 0 Å². The van der Waals surface area contributed by atoms with E-state index >= 15 is 0 Å². The smallest absolute Gasteiger partial charge is 0.0127 e. The fourth-order valence-electron chi connectivity index (χ4n) is 1.00. The molecule has 14 heavy (non-hydrogen) atoms. The van der Waals surface area contributed by atoms with E-state index in [1.165, 1.54) is 0 Å². The van der Waals surface area contributed by atoms with Gasteiger partial charge >= 0.3 is 0 Å². The molecule has 0 fully saturated rings. The van der Waals surface area contributed by atoms with E-state index in [0.29, 0.717) is 10.8 Å². The fourth-order valence-corrected chi connectivity index (χ4v) is 1.00. The summed E-state index contributed by atoms with van der Waals surface area (Å²) < 4.78 is 0. The second-order valence-corrected chi connectivity index (χ2v) is 6.57. The molecule has 0 aliphatic heterocycles. The molecule has 1 aliphatic carbocycles. The Hall–Kier alpha value is -0.520. The Kier molecular flexibility index (Phi) is 4.64. The van der Waals surface area contributed by atoms with E-state index in [-0.39, 0.29) is 0 Å². The van der Waals surface area contributed by atoms with Crippen LogP contribution in [0.25, 0.3) is 0 Å². The molecule has 0 unspecified atom stereocenters. The zero-order valence-corrected chi connectivity index (χ0v) is 10.9. The predicted molar refractivity (Wildman–Crippen MR) is 66.4 cm³/mol. The van der Waals surface area contributed by atoms with Crippen molar-refractivity contribution in [3.05, 3.63) is 23.8 Å². The molecular weight excluding hydrogens is 168 g/mol. The van der Waals surface area contributed by atoms with Crippen LogP contribution in [0.1, 0.15) is 54.9 Å². The molecule has 0 heteroatoms. The zero-order chi connectivity index (χ0) is 11.4. The zero-order valence-electron chi connectivity index (χ0n) is 10.9. The van der Waals surface area contributed by atoms with Gasteiger partial charge < -0.3 is 0 Å². The maximum atomic E-state index is 2.26. The molecule has 1 aliphatic rings. The standard InChI is InChI=1S/C9H14.C5H12/c1-9(2,3)8-6-4-5-7-8;1-5(2,3)4/h4-6H,7H2,1-3H3;1-4H3. The molecule has 0 aromatic rings. The Morgan fingerprint density at radius 3 is 1.50 bits per heavy atom. The molecular formula is C14H26. The van der Waals surface area contributed by atoms with Crippen LogP contribution >= 0.6 is 0 Å². The van der Waals surface area contributed by atoms with Gasteiger partial charge in [0, 0.05) is 0 Å². The van der Waals surface area contributed by atoms with Gasteiger partial charge in [0.05, 0.1) is 0 Å². The maximum absolute atomic E-state index is 2.26. The van der Waals surface area contributed by atoms with Crippen molar-refractivity contribution in [2.75, 3.05) is 0 Å². The van der Waals surface area contributed by atoms with E-state index in [1.54, 1.807) is 5.57 Å². The summed E-state index contributed by atoms with van der Waals surface area (Å²) in [5.41, 5.74) is 2.42. The number of rotatable bonds is 0.